The summed E-state index contributed by atoms with van der Waals surface area (Å²) in [6.07, 6.45) is 0.815. The van der Waals surface area contributed by atoms with Crippen LogP contribution in [0.25, 0.3) is 0 Å². The molecule has 6 heteroatoms. The van der Waals surface area contributed by atoms with Gasteiger partial charge in [0.2, 0.25) is 0 Å². The Morgan fingerprint density at radius 1 is 1.35 bits per heavy atom. The zero-order chi connectivity index (χ0) is 14.8. The molecule has 0 aliphatic rings. The molecule has 0 saturated carbocycles. The Hall–Kier alpha value is -1.27. The first-order valence-corrected chi connectivity index (χ1v) is 7.38. The average molecular weight is 345 g/mol. The lowest BCUT2D eigenvalue weighted by atomic mass is 10.2. The van der Waals surface area contributed by atoms with E-state index >= 15 is 0 Å². The van der Waals surface area contributed by atoms with Crippen molar-refractivity contribution in [1.29, 1.82) is 0 Å². The Morgan fingerprint density at radius 2 is 2.15 bits per heavy atom. The number of halogens is 1. The van der Waals surface area contributed by atoms with E-state index in [1.165, 1.54) is 0 Å². The van der Waals surface area contributed by atoms with E-state index < -0.39 is 0 Å². The van der Waals surface area contributed by atoms with E-state index in [1.54, 1.807) is 7.11 Å². The molecular formula is C14H21BrN2O3. The molecule has 0 spiro atoms. The summed E-state index contributed by atoms with van der Waals surface area (Å²) in [5.74, 6) is 0.772. The van der Waals surface area contributed by atoms with Crippen LogP contribution in [0.3, 0.4) is 0 Å². The van der Waals surface area contributed by atoms with E-state index in [0.717, 1.165) is 22.2 Å². The molecule has 0 unspecified atom stereocenters. The topological polar surface area (TPSA) is 59.6 Å². The van der Waals surface area contributed by atoms with Gasteiger partial charge in [0.1, 0.15) is 5.75 Å². The van der Waals surface area contributed by atoms with Crippen molar-refractivity contribution in [3.05, 3.63) is 28.2 Å². The third-order valence-corrected chi connectivity index (χ3v) is 3.24. The van der Waals surface area contributed by atoms with Crippen molar-refractivity contribution in [2.24, 2.45) is 0 Å². The second-order valence-electron chi connectivity index (χ2n) is 4.13. The number of hydrogen-bond acceptors (Lipinski definition) is 3. The summed E-state index contributed by atoms with van der Waals surface area (Å²) in [6.45, 7) is 4.41. The maximum Gasteiger partial charge on any atom is 0.315 e. The van der Waals surface area contributed by atoms with Crippen LogP contribution in [0.1, 0.15) is 18.9 Å². The SMILES string of the molecule is CCOCCCNC(=O)NCc1ccc(OC)c(Br)c1. The average Bonchev–Trinajstić information content (AvgIpc) is 2.45. The van der Waals surface area contributed by atoms with Gasteiger partial charge in [0, 0.05) is 26.3 Å². The first-order chi connectivity index (χ1) is 9.67. The number of hydrogen-bond donors (Lipinski definition) is 2. The zero-order valence-corrected chi connectivity index (χ0v) is 13.5. The van der Waals surface area contributed by atoms with Crippen LogP contribution in [0.15, 0.2) is 22.7 Å². The highest BCUT2D eigenvalue weighted by molar-refractivity contribution is 9.10. The molecule has 0 atom stereocenters. The molecule has 2 N–H and O–H groups in total. The smallest absolute Gasteiger partial charge is 0.315 e. The normalized spacial score (nSPS) is 10.2. The van der Waals surface area contributed by atoms with Crippen molar-refractivity contribution >= 4 is 22.0 Å². The summed E-state index contributed by atoms with van der Waals surface area (Å²) in [7, 11) is 1.62. The number of rotatable bonds is 8. The lowest BCUT2D eigenvalue weighted by Crippen LogP contribution is -2.35. The van der Waals surface area contributed by atoms with Crippen molar-refractivity contribution in [3.8, 4) is 5.75 Å². The van der Waals surface area contributed by atoms with Crippen molar-refractivity contribution in [2.75, 3.05) is 26.9 Å². The fourth-order valence-electron chi connectivity index (χ4n) is 1.59. The van der Waals surface area contributed by atoms with Gasteiger partial charge in [0.05, 0.1) is 11.6 Å². The van der Waals surface area contributed by atoms with E-state index in [0.29, 0.717) is 26.3 Å². The molecule has 1 aromatic rings. The first kappa shape index (κ1) is 16.8. The predicted octanol–water partition coefficient (Wildman–Crippen LogP) is 2.68. The van der Waals surface area contributed by atoms with Gasteiger partial charge < -0.3 is 20.1 Å². The molecule has 0 bridgehead atoms. The van der Waals surface area contributed by atoms with Crippen molar-refractivity contribution < 1.29 is 14.3 Å². The van der Waals surface area contributed by atoms with Crippen LogP contribution in [0.4, 0.5) is 4.79 Å². The van der Waals surface area contributed by atoms with Gasteiger partial charge >= 0.3 is 6.03 Å². The Morgan fingerprint density at radius 3 is 2.80 bits per heavy atom. The largest absolute Gasteiger partial charge is 0.496 e. The minimum Gasteiger partial charge on any atom is -0.496 e. The summed E-state index contributed by atoms with van der Waals surface area (Å²) in [5.41, 5.74) is 1.00. The Balaban J connectivity index is 2.25. The molecule has 0 fully saturated rings. The van der Waals surface area contributed by atoms with Gasteiger partial charge in [-0.3, -0.25) is 0 Å². The standard InChI is InChI=1S/C14H21BrN2O3/c1-3-20-8-4-7-16-14(18)17-10-11-5-6-13(19-2)12(15)9-11/h5-6,9H,3-4,7-8,10H2,1-2H3,(H2,16,17,18). The molecule has 5 nitrogen and oxygen atoms in total. The molecule has 1 aromatic carbocycles. The molecule has 0 heterocycles. The van der Waals surface area contributed by atoms with Gasteiger partial charge in [-0.25, -0.2) is 4.79 Å². The summed E-state index contributed by atoms with van der Waals surface area (Å²) < 4.78 is 11.2. The highest BCUT2D eigenvalue weighted by Gasteiger charge is 2.03. The molecular weight excluding hydrogens is 324 g/mol. The van der Waals surface area contributed by atoms with Crippen LogP contribution in [-0.4, -0.2) is 32.9 Å². The van der Waals surface area contributed by atoms with Gasteiger partial charge in [-0.05, 0) is 47.0 Å². The summed E-state index contributed by atoms with van der Waals surface area (Å²) >= 11 is 3.41. The van der Waals surface area contributed by atoms with Gasteiger partial charge in [-0.1, -0.05) is 6.07 Å². The number of urea groups is 1. The number of nitrogens with one attached hydrogen (secondary N) is 2. The van der Waals surface area contributed by atoms with Crippen LogP contribution >= 0.6 is 15.9 Å². The molecule has 0 aliphatic carbocycles. The molecule has 1 rings (SSSR count). The van der Waals surface area contributed by atoms with Crippen LogP contribution in [0.2, 0.25) is 0 Å². The minimum atomic E-state index is -0.173. The number of carbonyl (C=O) groups is 1. The summed E-state index contributed by atoms with van der Waals surface area (Å²) in [6, 6.07) is 5.53. The first-order valence-electron chi connectivity index (χ1n) is 6.59. The van der Waals surface area contributed by atoms with Crippen LogP contribution in [0, 0.1) is 0 Å². The molecule has 20 heavy (non-hydrogen) atoms. The Bertz CT molecular complexity index is 427. The van der Waals surface area contributed by atoms with Gasteiger partial charge in [-0.2, -0.15) is 0 Å². The van der Waals surface area contributed by atoms with Crippen molar-refractivity contribution in [2.45, 2.75) is 19.9 Å². The highest BCUT2D eigenvalue weighted by Crippen LogP contribution is 2.25. The Kier molecular flexibility index (Phi) is 8.06. The second kappa shape index (κ2) is 9.61. The maximum absolute atomic E-state index is 11.6. The number of methoxy groups -OCH3 is 1. The lowest BCUT2D eigenvalue weighted by molar-refractivity contribution is 0.145. The van der Waals surface area contributed by atoms with Gasteiger partial charge in [0.25, 0.3) is 0 Å². The number of ether oxygens (including phenoxy) is 2. The molecule has 112 valence electrons. The molecule has 0 saturated heterocycles. The number of benzene rings is 1. The van der Waals surface area contributed by atoms with E-state index in [2.05, 4.69) is 26.6 Å². The lowest BCUT2D eigenvalue weighted by Gasteiger charge is -2.09. The molecule has 0 aromatic heterocycles. The van der Waals surface area contributed by atoms with E-state index in [4.69, 9.17) is 9.47 Å². The molecule has 2 amide bonds. The van der Waals surface area contributed by atoms with Crippen LogP contribution < -0.4 is 15.4 Å². The fraction of sp³-hybridized carbons (Fsp3) is 0.500. The van der Waals surface area contributed by atoms with E-state index in [-0.39, 0.29) is 6.03 Å². The third-order valence-electron chi connectivity index (χ3n) is 2.62. The molecule has 0 radical (unpaired) electrons. The fourth-order valence-corrected chi connectivity index (χ4v) is 2.17. The quantitative estimate of drug-likeness (QED) is 0.712. The minimum absolute atomic E-state index is 0.173. The molecule has 0 aliphatic heterocycles. The second-order valence-corrected chi connectivity index (χ2v) is 4.98. The zero-order valence-electron chi connectivity index (χ0n) is 11.9. The van der Waals surface area contributed by atoms with E-state index in [1.807, 2.05) is 25.1 Å². The summed E-state index contributed by atoms with van der Waals surface area (Å²) in [4.78, 5) is 11.6. The van der Waals surface area contributed by atoms with Gasteiger partial charge in [-0.15, -0.1) is 0 Å². The number of amides is 2. The Labute approximate surface area is 128 Å². The van der Waals surface area contributed by atoms with Gasteiger partial charge in [0.15, 0.2) is 0 Å². The van der Waals surface area contributed by atoms with Crippen molar-refractivity contribution in [3.63, 3.8) is 0 Å². The maximum atomic E-state index is 11.6. The monoisotopic (exact) mass is 344 g/mol. The van der Waals surface area contributed by atoms with Crippen molar-refractivity contribution in [1.82, 2.24) is 10.6 Å². The van der Waals surface area contributed by atoms with E-state index in [9.17, 15) is 4.79 Å². The summed E-state index contributed by atoms with van der Waals surface area (Å²) in [5, 5.41) is 5.58. The highest BCUT2D eigenvalue weighted by atomic mass is 79.9. The predicted molar refractivity (Wildman–Crippen MR) is 82.0 cm³/mol. The number of carbonyl (C=O) groups excluding carboxylic acids is 1. The third kappa shape index (κ3) is 6.25. The van der Waals surface area contributed by atoms with Crippen LogP contribution in [0.5, 0.6) is 5.75 Å². The van der Waals surface area contributed by atoms with Crippen LogP contribution in [-0.2, 0) is 11.3 Å².